The number of anilines is 1. The summed E-state index contributed by atoms with van der Waals surface area (Å²) in [6.45, 7) is 1.02. The molecule has 5 heteroatoms. The summed E-state index contributed by atoms with van der Waals surface area (Å²) >= 11 is 5.49. The van der Waals surface area contributed by atoms with E-state index in [-0.39, 0.29) is 0 Å². The van der Waals surface area contributed by atoms with Crippen molar-refractivity contribution in [3.8, 4) is 0 Å². The van der Waals surface area contributed by atoms with Gasteiger partial charge in [0.25, 0.3) is 0 Å². The zero-order valence-electron chi connectivity index (χ0n) is 9.90. The molecule has 0 bridgehead atoms. The maximum atomic E-state index is 4.45. The van der Waals surface area contributed by atoms with E-state index < -0.39 is 0 Å². The standard InChI is InChI=1S/C13H14BrN3S/c14-9-6-12-13(17-7-9)11(3-4-15-12)16-8-10-2-1-5-18-10/h3-4,6-7,10H,1-2,5,8H2,(H,15,16). The number of hydrogen-bond donors (Lipinski definition) is 1. The van der Waals surface area contributed by atoms with Crippen LogP contribution in [0.15, 0.2) is 29.0 Å². The summed E-state index contributed by atoms with van der Waals surface area (Å²) in [5, 5.41) is 4.25. The van der Waals surface area contributed by atoms with E-state index in [1.165, 1.54) is 18.6 Å². The van der Waals surface area contributed by atoms with Crippen LogP contribution < -0.4 is 5.32 Å². The van der Waals surface area contributed by atoms with Crippen molar-refractivity contribution in [2.24, 2.45) is 0 Å². The van der Waals surface area contributed by atoms with E-state index in [1.54, 1.807) is 0 Å². The average Bonchev–Trinajstić information content (AvgIpc) is 2.89. The summed E-state index contributed by atoms with van der Waals surface area (Å²) in [4.78, 5) is 8.79. The van der Waals surface area contributed by atoms with Crippen LogP contribution in [-0.2, 0) is 0 Å². The van der Waals surface area contributed by atoms with Crippen molar-refractivity contribution in [3.05, 3.63) is 29.0 Å². The fourth-order valence-corrected chi connectivity index (χ4v) is 3.70. The van der Waals surface area contributed by atoms with Crippen LogP contribution in [0.1, 0.15) is 12.8 Å². The van der Waals surface area contributed by atoms with Crippen LogP contribution in [0.25, 0.3) is 11.0 Å². The summed E-state index contributed by atoms with van der Waals surface area (Å²) in [6.07, 6.45) is 6.32. The Morgan fingerprint density at radius 3 is 3.22 bits per heavy atom. The number of halogens is 1. The normalized spacial score (nSPS) is 19.3. The first kappa shape index (κ1) is 12.2. The predicted octanol–water partition coefficient (Wildman–Crippen LogP) is 3.70. The fourth-order valence-electron chi connectivity index (χ4n) is 2.18. The topological polar surface area (TPSA) is 37.8 Å². The van der Waals surface area contributed by atoms with Crippen LogP contribution in [0.2, 0.25) is 0 Å². The van der Waals surface area contributed by atoms with Gasteiger partial charge in [0.2, 0.25) is 0 Å². The third kappa shape index (κ3) is 2.62. The summed E-state index contributed by atoms with van der Waals surface area (Å²) in [5.74, 6) is 1.30. The lowest BCUT2D eigenvalue weighted by atomic mass is 10.2. The quantitative estimate of drug-likeness (QED) is 0.934. The molecule has 0 radical (unpaired) electrons. The number of nitrogens with zero attached hydrogens (tertiary/aromatic N) is 2. The van der Waals surface area contributed by atoms with Gasteiger partial charge in [0.15, 0.2) is 0 Å². The number of rotatable bonds is 3. The SMILES string of the molecule is Brc1cnc2c(NCC3CCCS3)ccnc2c1. The molecule has 1 aliphatic rings. The molecule has 0 amide bonds. The van der Waals surface area contributed by atoms with Gasteiger partial charge in [0.1, 0.15) is 5.52 Å². The molecule has 94 valence electrons. The smallest absolute Gasteiger partial charge is 0.112 e. The minimum Gasteiger partial charge on any atom is -0.382 e. The predicted molar refractivity (Wildman–Crippen MR) is 81.2 cm³/mol. The van der Waals surface area contributed by atoms with Gasteiger partial charge in [-0.2, -0.15) is 11.8 Å². The van der Waals surface area contributed by atoms with E-state index in [4.69, 9.17) is 0 Å². The number of pyridine rings is 2. The van der Waals surface area contributed by atoms with Crippen LogP contribution >= 0.6 is 27.7 Å². The van der Waals surface area contributed by atoms with Gasteiger partial charge in [-0.25, -0.2) is 0 Å². The van der Waals surface area contributed by atoms with Gasteiger partial charge in [0.05, 0.1) is 11.2 Å². The molecule has 1 fully saturated rings. The van der Waals surface area contributed by atoms with Crippen molar-refractivity contribution in [2.45, 2.75) is 18.1 Å². The van der Waals surface area contributed by atoms with E-state index in [0.717, 1.165) is 33.0 Å². The molecule has 1 N–H and O–H groups in total. The second kappa shape index (κ2) is 5.45. The molecule has 2 aromatic heterocycles. The van der Waals surface area contributed by atoms with Crippen molar-refractivity contribution in [2.75, 3.05) is 17.6 Å². The molecule has 1 saturated heterocycles. The molecule has 1 unspecified atom stereocenters. The lowest BCUT2D eigenvalue weighted by Crippen LogP contribution is -2.14. The first-order chi connectivity index (χ1) is 8.83. The first-order valence-electron chi connectivity index (χ1n) is 6.09. The van der Waals surface area contributed by atoms with Crippen molar-refractivity contribution in [1.82, 2.24) is 9.97 Å². The molecule has 0 spiro atoms. The highest BCUT2D eigenvalue weighted by Gasteiger charge is 2.15. The Morgan fingerprint density at radius 1 is 1.44 bits per heavy atom. The van der Waals surface area contributed by atoms with Crippen LogP contribution in [0.3, 0.4) is 0 Å². The molecule has 1 aliphatic heterocycles. The van der Waals surface area contributed by atoms with Gasteiger partial charge in [-0.15, -0.1) is 0 Å². The Morgan fingerprint density at radius 2 is 2.39 bits per heavy atom. The fraction of sp³-hybridized carbons (Fsp3) is 0.385. The molecule has 3 nitrogen and oxygen atoms in total. The van der Waals surface area contributed by atoms with Crippen molar-refractivity contribution >= 4 is 44.4 Å². The number of aromatic nitrogens is 2. The Hall–Kier alpha value is -0.810. The maximum absolute atomic E-state index is 4.45. The van der Waals surface area contributed by atoms with E-state index >= 15 is 0 Å². The van der Waals surface area contributed by atoms with Gasteiger partial charge >= 0.3 is 0 Å². The molecular formula is C13H14BrN3S. The Balaban J connectivity index is 1.82. The molecule has 0 saturated carbocycles. The van der Waals surface area contributed by atoms with Gasteiger partial charge in [-0.3, -0.25) is 9.97 Å². The molecule has 18 heavy (non-hydrogen) atoms. The number of nitrogens with one attached hydrogen (secondary N) is 1. The number of fused-ring (bicyclic) bond motifs is 1. The minimum atomic E-state index is 0.740. The van der Waals surface area contributed by atoms with Crippen LogP contribution in [-0.4, -0.2) is 27.5 Å². The highest BCUT2D eigenvalue weighted by molar-refractivity contribution is 9.10. The second-order valence-electron chi connectivity index (χ2n) is 4.40. The molecule has 3 rings (SSSR count). The highest BCUT2D eigenvalue weighted by Crippen LogP contribution is 2.27. The average molecular weight is 324 g/mol. The summed E-state index contributed by atoms with van der Waals surface area (Å²) in [7, 11) is 0. The Bertz CT molecular complexity index is 555. The third-order valence-corrected chi connectivity index (χ3v) is 4.92. The monoisotopic (exact) mass is 323 g/mol. The highest BCUT2D eigenvalue weighted by atomic mass is 79.9. The Kier molecular flexibility index (Phi) is 3.70. The summed E-state index contributed by atoms with van der Waals surface area (Å²) in [5.41, 5.74) is 2.96. The van der Waals surface area contributed by atoms with Crippen molar-refractivity contribution in [1.29, 1.82) is 0 Å². The molecule has 0 aliphatic carbocycles. The minimum absolute atomic E-state index is 0.740. The zero-order chi connectivity index (χ0) is 12.4. The summed E-state index contributed by atoms with van der Waals surface area (Å²) in [6, 6.07) is 4.00. The van der Waals surface area contributed by atoms with Crippen LogP contribution in [0.4, 0.5) is 5.69 Å². The summed E-state index contributed by atoms with van der Waals surface area (Å²) < 4.78 is 0.964. The zero-order valence-corrected chi connectivity index (χ0v) is 12.3. The van der Waals surface area contributed by atoms with Crippen molar-refractivity contribution < 1.29 is 0 Å². The lowest BCUT2D eigenvalue weighted by Gasteiger charge is -2.12. The van der Waals surface area contributed by atoms with Gasteiger partial charge in [0, 0.05) is 28.7 Å². The van der Waals surface area contributed by atoms with Gasteiger partial charge in [-0.05, 0) is 46.7 Å². The lowest BCUT2D eigenvalue weighted by molar-refractivity contribution is 0.806. The van der Waals surface area contributed by atoms with Gasteiger partial charge < -0.3 is 5.32 Å². The molecule has 0 aromatic carbocycles. The molecular weight excluding hydrogens is 310 g/mol. The number of hydrogen-bond acceptors (Lipinski definition) is 4. The Labute approximate surface area is 119 Å². The van der Waals surface area contributed by atoms with Crippen LogP contribution in [0.5, 0.6) is 0 Å². The van der Waals surface area contributed by atoms with E-state index in [0.29, 0.717) is 0 Å². The first-order valence-corrected chi connectivity index (χ1v) is 7.93. The van der Waals surface area contributed by atoms with E-state index in [1.807, 2.05) is 24.5 Å². The molecule has 2 aromatic rings. The molecule has 1 atom stereocenters. The maximum Gasteiger partial charge on any atom is 0.112 e. The second-order valence-corrected chi connectivity index (χ2v) is 6.72. The van der Waals surface area contributed by atoms with Crippen molar-refractivity contribution in [3.63, 3.8) is 0 Å². The van der Waals surface area contributed by atoms with Crippen LogP contribution in [0, 0.1) is 0 Å². The number of thioether (sulfide) groups is 1. The molecule has 3 heterocycles. The van der Waals surface area contributed by atoms with E-state index in [2.05, 4.69) is 43.0 Å². The van der Waals surface area contributed by atoms with E-state index in [9.17, 15) is 0 Å². The largest absolute Gasteiger partial charge is 0.382 e. The van der Waals surface area contributed by atoms with Gasteiger partial charge in [-0.1, -0.05) is 0 Å². The third-order valence-electron chi connectivity index (χ3n) is 3.09.